The van der Waals surface area contributed by atoms with Gasteiger partial charge in [-0.05, 0) is 124 Å². The highest BCUT2D eigenvalue weighted by Gasteiger charge is 2.48. The Morgan fingerprint density at radius 1 is 1.08 bits per heavy atom. The molecule has 1 saturated heterocycles. The first-order valence-corrected chi connectivity index (χ1v) is 21.5. The lowest BCUT2D eigenvalue weighted by Crippen LogP contribution is -2.57. The second-order valence-corrected chi connectivity index (χ2v) is 17.9. The molecule has 1 saturated carbocycles. The third-order valence-corrected chi connectivity index (χ3v) is 14.1. The number of nitrogens with one attached hydrogen (secondary N) is 2. The molecule has 0 aromatic heterocycles. The van der Waals surface area contributed by atoms with Crippen molar-refractivity contribution in [1.29, 1.82) is 0 Å². The van der Waals surface area contributed by atoms with Gasteiger partial charge in [-0.1, -0.05) is 50.1 Å². The number of nitrogens with zero attached hydrogens (tertiary/aromatic N) is 2. The molecule has 1 aliphatic carbocycles. The third-order valence-electron chi connectivity index (χ3n) is 12.3. The summed E-state index contributed by atoms with van der Waals surface area (Å²) in [5.41, 5.74) is 3.31. The smallest absolute Gasteiger partial charge is 0.263 e. The van der Waals surface area contributed by atoms with Crippen molar-refractivity contribution in [2.75, 3.05) is 64.4 Å². The molecule has 53 heavy (non-hydrogen) atoms. The molecule has 1 amide bonds. The molecule has 6 rings (SSSR count). The van der Waals surface area contributed by atoms with Crippen molar-refractivity contribution in [2.24, 2.45) is 17.8 Å². The number of hydrogen-bond donors (Lipinski definition) is 2. The Hall–Kier alpha value is -2.50. The van der Waals surface area contributed by atoms with Crippen LogP contribution in [-0.2, 0) is 22.1 Å². The van der Waals surface area contributed by atoms with Gasteiger partial charge in [0.15, 0.2) is 0 Å². The summed E-state index contributed by atoms with van der Waals surface area (Å²) < 4.78 is 44.1. The van der Waals surface area contributed by atoms with Gasteiger partial charge in [-0.25, -0.2) is 8.60 Å². The maximum atomic E-state index is 14.5. The summed E-state index contributed by atoms with van der Waals surface area (Å²) in [6.07, 6.45) is 10.5. The molecule has 3 aliphatic heterocycles. The zero-order valence-electron chi connectivity index (χ0n) is 32.1. The van der Waals surface area contributed by atoms with E-state index in [4.69, 9.17) is 21.1 Å². The number of methoxy groups -OCH3 is 1. The molecule has 0 spiro atoms. The van der Waals surface area contributed by atoms with Crippen molar-refractivity contribution < 1.29 is 22.9 Å². The van der Waals surface area contributed by atoms with Crippen molar-refractivity contribution >= 4 is 34.2 Å². The molecule has 0 radical (unpaired) electrons. The topological polar surface area (TPSA) is 83.1 Å². The van der Waals surface area contributed by atoms with Crippen LogP contribution in [0.15, 0.2) is 48.6 Å². The predicted molar refractivity (Wildman–Crippen MR) is 214 cm³/mol. The van der Waals surface area contributed by atoms with Crippen LogP contribution in [0.2, 0.25) is 5.02 Å². The predicted octanol–water partition coefficient (Wildman–Crippen LogP) is 7.48. The van der Waals surface area contributed by atoms with Crippen molar-refractivity contribution in [3.8, 4) is 5.75 Å². The van der Waals surface area contributed by atoms with E-state index in [2.05, 4.69) is 58.0 Å². The maximum Gasteiger partial charge on any atom is 0.263 e. The second kappa shape index (κ2) is 18.4. The Balaban J connectivity index is 1.38. The van der Waals surface area contributed by atoms with E-state index in [9.17, 15) is 13.4 Å². The first-order valence-electron chi connectivity index (χ1n) is 19.9. The Morgan fingerprint density at radius 2 is 1.92 bits per heavy atom. The quantitative estimate of drug-likeness (QED) is 0.295. The van der Waals surface area contributed by atoms with Crippen LogP contribution < -0.4 is 19.7 Å². The highest BCUT2D eigenvalue weighted by Crippen LogP contribution is 2.47. The van der Waals surface area contributed by atoms with Crippen LogP contribution in [0.1, 0.15) is 93.1 Å². The molecule has 8 unspecified atom stereocenters. The number of carbonyl (C=O) groups excluding carboxylic acids is 1. The number of ether oxygens (including phenoxy) is 2. The monoisotopic (exact) mass is 770 g/mol. The van der Waals surface area contributed by atoms with Gasteiger partial charge in [0.1, 0.15) is 28.5 Å². The average Bonchev–Trinajstić information content (AvgIpc) is 3.31. The number of amides is 1. The van der Waals surface area contributed by atoms with Crippen LogP contribution >= 0.6 is 11.6 Å². The summed E-state index contributed by atoms with van der Waals surface area (Å²) in [6.45, 7) is 12.2. The van der Waals surface area contributed by atoms with Crippen LogP contribution in [0.3, 0.4) is 0 Å². The number of alkyl halides is 1. The Kier molecular flexibility index (Phi) is 14.0. The van der Waals surface area contributed by atoms with Gasteiger partial charge < -0.3 is 19.7 Å². The Labute approximate surface area is 324 Å². The summed E-state index contributed by atoms with van der Waals surface area (Å²) >= 11 is 6.50. The minimum absolute atomic E-state index is 0.0602. The molecule has 11 heteroatoms. The van der Waals surface area contributed by atoms with Gasteiger partial charge in [-0.3, -0.25) is 14.4 Å². The molecule has 4 aliphatic rings. The summed E-state index contributed by atoms with van der Waals surface area (Å²) in [5, 5.41) is 3.94. The molecule has 2 aromatic carbocycles. The average molecular weight is 771 g/mol. The normalized spacial score (nSPS) is 32.7. The zero-order valence-corrected chi connectivity index (χ0v) is 33.7. The number of rotatable bonds is 6. The number of carbonyl (C=O) groups is 1. The van der Waals surface area contributed by atoms with E-state index in [0.717, 1.165) is 87.8 Å². The second-order valence-electron chi connectivity index (χ2n) is 15.9. The summed E-state index contributed by atoms with van der Waals surface area (Å²) in [5.74, 6) is 1.13. The fourth-order valence-electron chi connectivity index (χ4n) is 8.80. The van der Waals surface area contributed by atoms with Gasteiger partial charge in [-0.15, -0.1) is 0 Å². The van der Waals surface area contributed by atoms with E-state index in [1.807, 2.05) is 32.2 Å². The SMILES string of the molecule is CCCc1cc(Cl)ccc1C1COc2ccc3cc2N(C1)CC1CCC1C(CN1CCCC(F)CCNCC1)(OC)/C=C/CC(C)C(C)S(=O)NC3=O. The van der Waals surface area contributed by atoms with Crippen molar-refractivity contribution in [3.63, 3.8) is 0 Å². The van der Waals surface area contributed by atoms with Crippen LogP contribution in [0, 0.1) is 17.8 Å². The number of aryl methyl sites for hydroxylation is 1. The number of allylic oxidation sites excluding steroid dienone is 1. The lowest BCUT2D eigenvalue weighted by atomic mass is 9.63. The first-order chi connectivity index (χ1) is 25.6. The molecule has 3 heterocycles. The fourth-order valence-corrected chi connectivity index (χ4v) is 10.0. The number of anilines is 1. The zero-order chi connectivity index (χ0) is 37.5. The Morgan fingerprint density at radius 3 is 2.70 bits per heavy atom. The van der Waals surface area contributed by atoms with E-state index >= 15 is 0 Å². The molecule has 2 N–H and O–H groups in total. The highest BCUT2D eigenvalue weighted by molar-refractivity contribution is 7.84. The molecule has 292 valence electrons. The lowest BCUT2D eigenvalue weighted by molar-refractivity contribution is -0.0916. The molecule has 8 atom stereocenters. The van der Waals surface area contributed by atoms with Crippen molar-refractivity contribution in [2.45, 2.75) is 95.1 Å². The molecular weight excluding hydrogens is 711 g/mol. The van der Waals surface area contributed by atoms with E-state index in [1.54, 1.807) is 6.07 Å². The van der Waals surface area contributed by atoms with Crippen LogP contribution in [0.4, 0.5) is 10.1 Å². The van der Waals surface area contributed by atoms with Gasteiger partial charge in [0, 0.05) is 56.3 Å². The number of benzene rings is 2. The third kappa shape index (κ3) is 9.66. The number of hydrogen-bond acceptors (Lipinski definition) is 7. The van der Waals surface area contributed by atoms with E-state index < -0.39 is 22.8 Å². The van der Waals surface area contributed by atoms with Gasteiger partial charge >= 0.3 is 0 Å². The highest BCUT2D eigenvalue weighted by atomic mass is 35.5. The maximum absolute atomic E-state index is 14.5. The molecule has 2 bridgehead atoms. The largest absolute Gasteiger partial charge is 0.491 e. The molecular formula is C42H60ClFN4O4S. The number of halogens is 2. The van der Waals surface area contributed by atoms with Crippen molar-refractivity contribution in [3.05, 3.63) is 70.3 Å². The van der Waals surface area contributed by atoms with Crippen LogP contribution in [0.5, 0.6) is 5.75 Å². The minimum atomic E-state index is -1.57. The summed E-state index contributed by atoms with van der Waals surface area (Å²) in [4.78, 5) is 18.5. The van der Waals surface area contributed by atoms with E-state index in [0.29, 0.717) is 43.9 Å². The van der Waals surface area contributed by atoms with Crippen LogP contribution in [-0.4, -0.2) is 91.6 Å². The van der Waals surface area contributed by atoms with Gasteiger partial charge in [0.05, 0.1) is 17.5 Å². The van der Waals surface area contributed by atoms with Gasteiger partial charge in [0.2, 0.25) is 0 Å². The first kappa shape index (κ1) is 40.2. The summed E-state index contributed by atoms with van der Waals surface area (Å²) in [7, 11) is 0.272. The number of fused-ring (bicyclic) bond motifs is 2. The summed E-state index contributed by atoms with van der Waals surface area (Å²) in [6, 6.07) is 11.8. The van der Waals surface area contributed by atoms with E-state index in [1.165, 1.54) is 11.1 Å². The minimum Gasteiger partial charge on any atom is -0.491 e. The van der Waals surface area contributed by atoms with E-state index in [-0.39, 0.29) is 28.9 Å². The standard InChI is InChI=1S/C42H60ClFN4O4S/c1-5-8-31-23-35(43)13-14-37(31)34-26-48-25-33-11-15-38(33)42(51-4,28-47-21-7-10-36(44)17-19-45-20-22-47)18-6-9-29(2)30(3)53(50)46-41(49)32-12-16-40(52-27-34)39(48)24-32/h6,12-14,16,18,23-24,29-30,33-34,36,38,45H,5,7-11,15,17,19-22,25-28H2,1-4H3,(H,46,49)/b18-6+. The van der Waals surface area contributed by atoms with Gasteiger partial charge in [0.25, 0.3) is 5.91 Å². The van der Waals surface area contributed by atoms with Crippen LogP contribution in [0.25, 0.3) is 0 Å². The Bertz CT molecular complexity index is 1610. The molecule has 2 aromatic rings. The van der Waals surface area contributed by atoms with Crippen molar-refractivity contribution in [1.82, 2.24) is 14.9 Å². The fraction of sp³-hybridized carbons (Fsp3) is 0.643. The van der Waals surface area contributed by atoms with Gasteiger partial charge in [-0.2, -0.15) is 0 Å². The lowest BCUT2D eigenvalue weighted by Gasteiger charge is -2.51. The molecule has 2 fully saturated rings. The molecule has 8 nitrogen and oxygen atoms in total.